The molecular formula is C13H17NO5. The van der Waals surface area contributed by atoms with Gasteiger partial charge in [-0.3, -0.25) is 9.59 Å². The van der Waals surface area contributed by atoms with Crippen molar-refractivity contribution in [2.75, 3.05) is 20.8 Å². The summed E-state index contributed by atoms with van der Waals surface area (Å²) < 4.78 is 10.3. The lowest BCUT2D eigenvalue weighted by Gasteiger charge is -2.12. The van der Waals surface area contributed by atoms with Crippen LogP contribution >= 0.6 is 0 Å². The lowest BCUT2D eigenvalue weighted by atomic mass is 10.1. The van der Waals surface area contributed by atoms with Crippen molar-refractivity contribution in [3.63, 3.8) is 0 Å². The zero-order chi connectivity index (χ0) is 14.3. The first-order valence-corrected chi connectivity index (χ1v) is 5.76. The van der Waals surface area contributed by atoms with E-state index in [1.54, 1.807) is 18.2 Å². The summed E-state index contributed by atoms with van der Waals surface area (Å²) in [6, 6.07) is 5.27. The number of para-hydroxylation sites is 1. The first-order chi connectivity index (χ1) is 9.08. The Bertz CT molecular complexity index is 458. The molecule has 0 atom stereocenters. The van der Waals surface area contributed by atoms with Gasteiger partial charge in [-0.15, -0.1) is 0 Å². The number of carboxylic acid groups (broad SMARTS) is 1. The van der Waals surface area contributed by atoms with Crippen LogP contribution in [0, 0.1) is 0 Å². The fourth-order valence-corrected chi connectivity index (χ4v) is 1.64. The van der Waals surface area contributed by atoms with E-state index in [0.717, 1.165) is 0 Å². The van der Waals surface area contributed by atoms with E-state index in [2.05, 4.69) is 5.32 Å². The summed E-state index contributed by atoms with van der Waals surface area (Å²) in [5, 5.41) is 11.0. The van der Waals surface area contributed by atoms with Gasteiger partial charge in [0.05, 0.1) is 27.1 Å². The monoisotopic (exact) mass is 267 g/mol. The van der Waals surface area contributed by atoms with Gasteiger partial charge in [0.25, 0.3) is 0 Å². The van der Waals surface area contributed by atoms with E-state index in [0.29, 0.717) is 17.1 Å². The fraction of sp³-hybridized carbons (Fsp3) is 0.385. The number of rotatable bonds is 7. The summed E-state index contributed by atoms with van der Waals surface area (Å²) in [4.78, 5) is 22.0. The number of hydrogen-bond donors (Lipinski definition) is 2. The Balaban J connectivity index is 2.66. The van der Waals surface area contributed by atoms with Crippen LogP contribution in [0.3, 0.4) is 0 Å². The molecule has 1 aromatic rings. The zero-order valence-electron chi connectivity index (χ0n) is 10.9. The van der Waals surface area contributed by atoms with E-state index in [-0.39, 0.29) is 25.3 Å². The molecule has 6 nitrogen and oxygen atoms in total. The van der Waals surface area contributed by atoms with Crippen molar-refractivity contribution in [1.82, 2.24) is 5.32 Å². The summed E-state index contributed by atoms with van der Waals surface area (Å²) in [7, 11) is 3.03. The second-order valence-electron chi connectivity index (χ2n) is 3.82. The van der Waals surface area contributed by atoms with Crippen LogP contribution in [0.5, 0.6) is 11.5 Å². The third-order valence-corrected chi connectivity index (χ3v) is 2.50. The van der Waals surface area contributed by atoms with Crippen LogP contribution in [0.25, 0.3) is 0 Å². The van der Waals surface area contributed by atoms with Crippen molar-refractivity contribution in [2.24, 2.45) is 0 Å². The lowest BCUT2D eigenvalue weighted by Crippen LogP contribution is -2.27. The Hall–Kier alpha value is -2.24. The average Bonchev–Trinajstić information content (AvgIpc) is 2.37. The normalized spacial score (nSPS) is 9.79. The highest BCUT2D eigenvalue weighted by Crippen LogP contribution is 2.30. The number of amides is 1. The van der Waals surface area contributed by atoms with Gasteiger partial charge in [0.2, 0.25) is 5.91 Å². The molecule has 0 aromatic heterocycles. The van der Waals surface area contributed by atoms with Gasteiger partial charge in [0.1, 0.15) is 0 Å². The van der Waals surface area contributed by atoms with Crippen LogP contribution in [-0.2, 0) is 16.0 Å². The lowest BCUT2D eigenvalue weighted by molar-refractivity contribution is -0.136. The summed E-state index contributed by atoms with van der Waals surface area (Å²) in [5.74, 6) is -0.135. The number of ether oxygens (including phenoxy) is 2. The van der Waals surface area contributed by atoms with Crippen molar-refractivity contribution in [3.05, 3.63) is 23.8 Å². The number of benzene rings is 1. The Kier molecular flexibility index (Phi) is 5.66. The molecule has 0 aliphatic carbocycles. The summed E-state index contributed by atoms with van der Waals surface area (Å²) in [6.45, 7) is 0.112. The summed E-state index contributed by atoms with van der Waals surface area (Å²) >= 11 is 0. The van der Waals surface area contributed by atoms with E-state index in [4.69, 9.17) is 14.6 Å². The molecule has 6 heteroatoms. The molecule has 0 saturated heterocycles. The van der Waals surface area contributed by atoms with Crippen LogP contribution in [-0.4, -0.2) is 37.7 Å². The van der Waals surface area contributed by atoms with E-state index < -0.39 is 5.97 Å². The molecular weight excluding hydrogens is 250 g/mol. The van der Waals surface area contributed by atoms with Crippen LogP contribution in [0.2, 0.25) is 0 Å². The second-order valence-corrected chi connectivity index (χ2v) is 3.82. The number of carboxylic acids is 1. The minimum absolute atomic E-state index is 0.0962. The quantitative estimate of drug-likeness (QED) is 0.764. The molecule has 0 saturated carbocycles. The molecule has 0 bridgehead atoms. The predicted octanol–water partition coefficient (Wildman–Crippen LogP) is 0.837. The minimum Gasteiger partial charge on any atom is -0.493 e. The van der Waals surface area contributed by atoms with Gasteiger partial charge in [-0.05, 0) is 6.07 Å². The SMILES string of the molecule is COc1cccc(CC(=O)NCCC(=O)O)c1OC. The first kappa shape index (κ1) is 14.8. The Morgan fingerprint density at radius 3 is 2.58 bits per heavy atom. The van der Waals surface area contributed by atoms with E-state index >= 15 is 0 Å². The molecule has 0 heterocycles. The van der Waals surface area contributed by atoms with Crippen LogP contribution < -0.4 is 14.8 Å². The third kappa shape index (κ3) is 4.50. The van der Waals surface area contributed by atoms with Gasteiger partial charge < -0.3 is 19.9 Å². The largest absolute Gasteiger partial charge is 0.493 e. The molecule has 0 radical (unpaired) electrons. The highest BCUT2D eigenvalue weighted by Gasteiger charge is 2.12. The van der Waals surface area contributed by atoms with Crippen molar-refractivity contribution in [2.45, 2.75) is 12.8 Å². The number of aliphatic carboxylic acids is 1. The molecule has 0 aliphatic rings. The van der Waals surface area contributed by atoms with Gasteiger partial charge in [0.15, 0.2) is 11.5 Å². The van der Waals surface area contributed by atoms with Crippen LogP contribution in [0.4, 0.5) is 0 Å². The molecule has 0 fully saturated rings. The Morgan fingerprint density at radius 2 is 2.00 bits per heavy atom. The Labute approximate surface area is 111 Å². The Morgan fingerprint density at radius 1 is 1.26 bits per heavy atom. The molecule has 0 unspecified atom stereocenters. The van der Waals surface area contributed by atoms with E-state index in [9.17, 15) is 9.59 Å². The maximum Gasteiger partial charge on any atom is 0.305 e. The smallest absolute Gasteiger partial charge is 0.305 e. The number of nitrogens with one attached hydrogen (secondary N) is 1. The zero-order valence-corrected chi connectivity index (χ0v) is 10.9. The van der Waals surface area contributed by atoms with E-state index in [1.807, 2.05) is 0 Å². The molecule has 1 rings (SSSR count). The van der Waals surface area contributed by atoms with Gasteiger partial charge in [-0.25, -0.2) is 0 Å². The molecule has 0 aliphatic heterocycles. The number of methoxy groups -OCH3 is 2. The maximum atomic E-state index is 11.7. The number of carbonyl (C=O) groups excluding carboxylic acids is 1. The van der Waals surface area contributed by atoms with Gasteiger partial charge in [-0.2, -0.15) is 0 Å². The molecule has 1 aromatic carbocycles. The summed E-state index contributed by atoms with van der Waals surface area (Å²) in [6.07, 6.45) is 0.0149. The molecule has 104 valence electrons. The van der Waals surface area contributed by atoms with Crippen molar-refractivity contribution in [3.8, 4) is 11.5 Å². The fourth-order valence-electron chi connectivity index (χ4n) is 1.64. The number of hydrogen-bond acceptors (Lipinski definition) is 4. The van der Waals surface area contributed by atoms with Crippen LogP contribution in [0.15, 0.2) is 18.2 Å². The van der Waals surface area contributed by atoms with Gasteiger partial charge in [0, 0.05) is 12.1 Å². The predicted molar refractivity (Wildman–Crippen MR) is 68.5 cm³/mol. The van der Waals surface area contributed by atoms with Crippen molar-refractivity contribution < 1.29 is 24.2 Å². The third-order valence-electron chi connectivity index (χ3n) is 2.50. The molecule has 2 N–H and O–H groups in total. The van der Waals surface area contributed by atoms with Crippen molar-refractivity contribution in [1.29, 1.82) is 0 Å². The average molecular weight is 267 g/mol. The molecule has 1 amide bonds. The highest BCUT2D eigenvalue weighted by molar-refractivity contribution is 5.80. The summed E-state index contributed by atoms with van der Waals surface area (Å²) in [5.41, 5.74) is 0.690. The number of carbonyl (C=O) groups is 2. The van der Waals surface area contributed by atoms with E-state index in [1.165, 1.54) is 14.2 Å². The van der Waals surface area contributed by atoms with Crippen LogP contribution in [0.1, 0.15) is 12.0 Å². The van der Waals surface area contributed by atoms with Gasteiger partial charge in [-0.1, -0.05) is 12.1 Å². The highest BCUT2D eigenvalue weighted by atomic mass is 16.5. The van der Waals surface area contributed by atoms with Gasteiger partial charge >= 0.3 is 5.97 Å². The molecule has 19 heavy (non-hydrogen) atoms. The maximum absolute atomic E-state index is 11.7. The minimum atomic E-state index is -0.945. The topological polar surface area (TPSA) is 84.9 Å². The van der Waals surface area contributed by atoms with Crippen molar-refractivity contribution >= 4 is 11.9 Å². The standard InChI is InChI=1S/C13H17NO5/c1-18-10-5-3-4-9(13(10)19-2)8-11(15)14-7-6-12(16)17/h3-5H,6-8H2,1-2H3,(H,14,15)(H,16,17). The first-order valence-electron chi connectivity index (χ1n) is 5.76. The molecule has 0 spiro atoms. The second kappa shape index (κ2) is 7.25.